The van der Waals surface area contributed by atoms with Crippen LogP contribution in [-0.2, 0) is 0 Å². The van der Waals surface area contributed by atoms with Gasteiger partial charge in [-0.15, -0.1) is 0 Å². The molecular formula is C15H22BrN3. The molecule has 0 bridgehead atoms. The molecule has 1 saturated heterocycles. The SMILES string of the molecule is CC1CC(C)C(C)N(c2cccc(Br)c2C(=N)N)C1. The van der Waals surface area contributed by atoms with Gasteiger partial charge in [0.25, 0.3) is 0 Å². The predicted molar refractivity (Wildman–Crippen MR) is 84.9 cm³/mol. The van der Waals surface area contributed by atoms with Crippen molar-refractivity contribution in [1.82, 2.24) is 0 Å². The van der Waals surface area contributed by atoms with Crippen LogP contribution in [-0.4, -0.2) is 18.4 Å². The standard InChI is InChI=1S/C15H22BrN3/c1-9-7-10(2)11(3)19(8-9)13-6-4-5-12(16)14(13)15(17)18/h4-6,9-11H,7-8H2,1-3H3,(H3,17,18). The van der Waals surface area contributed by atoms with Crippen molar-refractivity contribution in [1.29, 1.82) is 5.41 Å². The van der Waals surface area contributed by atoms with Crippen molar-refractivity contribution >= 4 is 27.5 Å². The van der Waals surface area contributed by atoms with Gasteiger partial charge < -0.3 is 10.6 Å². The molecule has 0 aromatic heterocycles. The Morgan fingerprint density at radius 2 is 2.05 bits per heavy atom. The van der Waals surface area contributed by atoms with Gasteiger partial charge in [-0.25, -0.2) is 0 Å². The lowest BCUT2D eigenvalue weighted by Crippen LogP contribution is -2.46. The molecule has 4 heteroatoms. The van der Waals surface area contributed by atoms with E-state index in [9.17, 15) is 0 Å². The number of benzene rings is 1. The molecule has 0 radical (unpaired) electrons. The number of nitrogens with one attached hydrogen (secondary N) is 1. The molecule has 3 atom stereocenters. The Kier molecular flexibility index (Phi) is 4.19. The lowest BCUT2D eigenvalue weighted by molar-refractivity contribution is 0.297. The zero-order valence-electron chi connectivity index (χ0n) is 11.8. The maximum atomic E-state index is 7.82. The minimum Gasteiger partial charge on any atom is -0.384 e. The van der Waals surface area contributed by atoms with Crippen LogP contribution in [0.15, 0.2) is 22.7 Å². The molecule has 1 aromatic rings. The van der Waals surface area contributed by atoms with Crippen molar-refractivity contribution in [3.8, 4) is 0 Å². The number of piperidine rings is 1. The summed E-state index contributed by atoms with van der Waals surface area (Å²) in [6.07, 6.45) is 1.26. The van der Waals surface area contributed by atoms with E-state index in [0.29, 0.717) is 17.9 Å². The van der Waals surface area contributed by atoms with E-state index in [2.05, 4.69) is 47.7 Å². The molecule has 1 fully saturated rings. The summed E-state index contributed by atoms with van der Waals surface area (Å²) in [7, 11) is 0. The average Bonchev–Trinajstić information content (AvgIpc) is 2.33. The third kappa shape index (κ3) is 2.78. The molecule has 1 aromatic carbocycles. The van der Waals surface area contributed by atoms with Crippen molar-refractivity contribution in [2.75, 3.05) is 11.4 Å². The number of nitrogen functional groups attached to an aromatic ring is 1. The fraction of sp³-hybridized carbons (Fsp3) is 0.533. The molecule has 3 nitrogen and oxygen atoms in total. The van der Waals surface area contributed by atoms with E-state index in [1.807, 2.05) is 12.1 Å². The van der Waals surface area contributed by atoms with E-state index in [1.54, 1.807) is 0 Å². The van der Waals surface area contributed by atoms with Gasteiger partial charge in [0, 0.05) is 22.7 Å². The number of nitrogens with zero attached hydrogens (tertiary/aromatic N) is 1. The van der Waals surface area contributed by atoms with Crippen molar-refractivity contribution in [3.63, 3.8) is 0 Å². The first-order chi connectivity index (χ1) is 8.91. The van der Waals surface area contributed by atoms with Crippen LogP contribution >= 0.6 is 15.9 Å². The van der Waals surface area contributed by atoms with Crippen LogP contribution in [0.4, 0.5) is 5.69 Å². The quantitative estimate of drug-likeness (QED) is 0.645. The zero-order chi connectivity index (χ0) is 14.2. The van der Waals surface area contributed by atoms with E-state index in [1.165, 1.54) is 6.42 Å². The van der Waals surface area contributed by atoms with Crippen molar-refractivity contribution in [2.24, 2.45) is 17.6 Å². The van der Waals surface area contributed by atoms with Crippen LogP contribution in [0.3, 0.4) is 0 Å². The summed E-state index contributed by atoms with van der Waals surface area (Å²) in [5.74, 6) is 1.45. The first-order valence-corrected chi connectivity index (χ1v) is 7.60. The molecule has 0 saturated carbocycles. The summed E-state index contributed by atoms with van der Waals surface area (Å²) in [4.78, 5) is 2.40. The van der Waals surface area contributed by atoms with Gasteiger partial charge in [-0.2, -0.15) is 0 Å². The topological polar surface area (TPSA) is 53.1 Å². The highest BCUT2D eigenvalue weighted by Gasteiger charge is 2.30. The fourth-order valence-corrected chi connectivity index (χ4v) is 3.62. The molecule has 1 aliphatic rings. The minimum absolute atomic E-state index is 0.126. The second-order valence-corrected chi connectivity index (χ2v) is 6.61. The zero-order valence-corrected chi connectivity index (χ0v) is 13.4. The normalized spacial score (nSPS) is 27.4. The second-order valence-electron chi connectivity index (χ2n) is 5.76. The molecule has 3 N–H and O–H groups in total. The summed E-state index contributed by atoms with van der Waals surface area (Å²) in [5, 5.41) is 7.82. The van der Waals surface area contributed by atoms with E-state index < -0.39 is 0 Å². The van der Waals surface area contributed by atoms with Gasteiger partial charge in [-0.3, -0.25) is 5.41 Å². The largest absolute Gasteiger partial charge is 0.384 e. The highest BCUT2D eigenvalue weighted by molar-refractivity contribution is 9.10. The van der Waals surface area contributed by atoms with Gasteiger partial charge in [0.05, 0.1) is 5.56 Å². The van der Waals surface area contributed by atoms with Gasteiger partial charge >= 0.3 is 0 Å². The number of hydrogen-bond donors (Lipinski definition) is 2. The highest BCUT2D eigenvalue weighted by Crippen LogP contribution is 2.35. The Balaban J connectivity index is 2.46. The van der Waals surface area contributed by atoms with Gasteiger partial charge in [-0.1, -0.05) is 19.9 Å². The Morgan fingerprint density at radius 3 is 2.68 bits per heavy atom. The third-order valence-corrected chi connectivity index (χ3v) is 4.83. The fourth-order valence-electron chi connectivity index (χ4n) is 3.05. The van der Waals surface area contributed by atoms with Crippen LogP contribution in [0.5, 0.6) is 0 Å². The summed E-state index contributed by atoms with van der Waals surface area (Å²) in [6.45, 7) is 7.89. The van der Waals surface area contributed by atoms with Crippen LogP contribution in [0.2, 0.25) is 0 Å². The lowest BCUT2D eigenvalue weighted by atomic mass is 9.85. The summed E-state index contributed by atoms with van der Waals surface area (Å²) < 4.78 is 0.899. The van der Waals surface area contributed by atoms with Gasteiger partial charge in [0.1, 0.15) is 5.84 Å². The average molecular weight is 324 g/mol. The van der Waals surface area contributed by atoms with Crippen LogP contribution in [0.25, 0.3) is 0 Å². The third-order valence-electron chi connectivity index (χ3n) is 4.17. The van der Waals surface area contributed by atoms with Gasteiger partial charge in [0.15, 0.2) is 0 Å². The Hall–Kier alpha value is -1.03. The number of rotatable bonds is 2. The van der Waals surface area contributed by atoms with Crippen LogP contribution in [0.1, 0.15) is 32.8 Å². The summed E-state index contributed by atoms with van der Waals surface area (Å²) in [5.41, 5.74) is 7.66. The van der Waals surface area contributed by atoms with E-state index >= 15 is 0 Å². The first-order valence-electron chi connectivity index (χ1n) is 6.81. The van der Waals surface area contributed by atoms with Crippen LogP contribution < -0.4 is 10.6 Å². The first kappa shape index (κ1) is 14.4. The molecule has 19 heavy (non-hydrogen) atoms. The lowest BCUT2D eigenvalue weighted by Gasteiger charge is -2.43. The number of nitrogens with two attached hydrogens (primary N) is 1. The molecule has 3 unspecified atom stereocenters. The maximum Gasteiger partial charge on any atom is 0.126 e. The van der Waals surface area contributed by atoms with Crippen LogP contribution in [0, 0.1) is 17.2 Å². The highest BCUT2D eigenvalue weighted by atomic mass is 79.9. The molecule has 2 rings (SSSR count). The minimum atomic E-state index is 0.126. The predicted octanol–water partition coefficient (Wildman–Crippen LogP) is 3.60. The molecular weight excluding hydrogens is 302 g/mol. The van der Waals surface area contributed by atoms with E-state index in [-0.39, 0.29) is 5.84 Å². The Morgan fingerprint density at radius 1 is 1.37 bits per heavy atom. The Labute approximate surface area is 123 Å². The number of amidine groups is 1. The molecule has 1 heterocycles. The monoisotopic (exact) mass is 323 g/mol. The summed E-state index contributed by atoms with van der Waals surface area (Å²) in [6, 6.07) is 6.51. The van der Waals surface area contributed by atoms with Crippen molar-refractivity contribution in [3.05, 3.63) is 28.2 Å². The molecule has 104 valence electrons. The van der Waals surface area contributed by atoms with Crippen molar-refractivity contribution < 1.29 is 0 Å². The number of hydrogen-bond acceptors (Lipinski definition) is 2. The van der Waals surface area contributed by atoms with Gasteiger partial charge in [0.2, 0.25) is 0 Å². The second kappa shape index (κ2) is 5.53. The molecule has 0 aliphatic carbocycles. The smallest absolute Gasteiger partial charge is 0.126 e. The number of halogens is 1. The molecule has 0 spiro atoms. The molecule has 1 aliphatic heterocycles. The maximum absolute atomic E-state index is 7.82. The Bertz CT molecular complexity index is 486. The van der Waals surface area contributed by atoms with Gasteiger partial charge in [-0.05, 0) is 53.2 Å². The molecule has 0 amide bonds. The van der Waals surface area contributed by atoms with E-state index in [4.69, 9.17) is 11.1 Å². The van der Waals surface area contributed by atoms with Crippen molar-refractivity contribution in [2.45, 2.75) is 33.2 Å². The van der Waals surface area contributed by atoms with E-state index in [0.717, 1.165) is 22.3 Å². The number of anilines is 1. The summed E-state index contributed by atoms with van der Waals surface area (Å²) >= 11 is 3.52.